The van der Waals surface area contributed by atoms with Crippen molar-refractivity contribution in [2.45, 2.75) is 0 Å². The lowest BCUT2D eigenvalue weighted by Gasteiger charge is -2.11. The second kappa shape index (κ2) is 14.2. The van der Waals surface area contributed by atoms with Crippen molar-refractivity contribution in [3.8, 4) is 45.3 Å². The van der Waals surface area contributed by atoms with Crippen LogP contribution in [0.25, 0.3) is 44.1 Å². The fourth-order valence-electron chi connectivity index (χ4n) is 4.45. The molecule has 0 aliphatic carbocycles. The molecule has 11 heteroatoms. The van der Waals surface area contributed by atoms with E-state index in [0.717, 1.165) is 47.8 Å². The zero-order valence-electron chi connectivity index (χ0n) is 24.1. The first-order chi connectivity index (χ1) is 21.0. The average molecular weight is 695 g/mol. The van der Waals surface area contributed by atoms with Crippen molar-refractivity contribution in [2.75, 3.05) is 42.0 Å². The van der Waals surface area contributed by atoms with Crippen molar-refractivity contribution in [3.63, 3.8) is 0 Å². The predicted octanol–water partition coefficient (Wildman–Crippen LogP) is 7.05. The van der Waals surface area contributed by atoms with Gasteiger partial charge in [-0.1, -0.05) is 30.3 Å². The van der Waals surface area contributed by atoms with Gasteiger partial charge in [-0.15, -0.1) is 0 Å². The minimum Gasteiger partial charge on any atom is -0.493 e. The first kappa shape index (κ1) is 30.1. The van der Waals surface area contributed by atoms with Gasteiger partial charge in [0.25, 0.3) is 0 Å². The van der Waals surface area contributed by atoms with Crippen LogP contribution in [-0.4, -0.2) is 62.4 Å². The number of aromatic nitrogens is 4. The number of aromatic amines is 2. The Morgan fingerprint density at radius 1 is 0.628 bits per heavy atom. The maximum Gasteiger partial charge on any atom is 0.188 e. The Morgan fingerprint density at radius 3 is 1.79 bits per heavy atom. The molecule has 2 N–H and O–H groups in total. The molecular weight excluding hydrogens is 663 g/mol. The smallest absolute Gasteiger partial charge is 0.188 e. The molecule has 0 saturated heterocycles. The number of halogens is 1. The Kier molecular flexibility index (Phi) is 9.97. The summed E-state index contributed by atoms with van der Waals surface area (Å²) in [5, 5.41) is 16.5. The summed E-state index contributed by atoms with van der Waals surface area (Å²) in [5.41, 5.74) is 6.21. The van der Waals surface area contributed by atoms with Crippen molar-refractivity contribution < 1.29 is 28.4 Å². The second-order valence-corrected chi connectivity index (χ2v) is 10.4. The monoisotopic (exact) mass is 694 g/mol. The minimum absolute atomic E-state index is 0.188. The summed E-state index contributed by atoms with van der Waals surface area (Å²) in [6.45, 7) is 0.378. The fourth-order valence-corrected chi connectivity index (χ4v) is 5.03. The molecule has 4 aromatic carbocycles. The fraction of sp³-hybridized carbons (Fsp3) is 0.188. The molecule has 222 valence electrons. The van der Waals surface area contributed by atoms with Crippen molar-refractivity contribution in [1.29, 1.82) is 0 Å². The zero-order valence-corrected chi connectivity index (χ0v) is 26.3. The van der Waals surface area contributed by atoms with Gasteiger partial charge in [0.1, 0.15) is 3.70 Å². The van der Waals surface area contributed by atoms with E-state index in [1.54, 1.807) is 34.6 Å². The molecular formula is C32H31IN4O6. The molecule has 6 rings (SSSR count). The van der Waals surface area contributed by atoms with Crippen LogP contribution in [0, 0.1) is 3.70 Å². The van der Waals surface area contributed by atoms with Crippen molar-refractivity contribution in [2.24, 2.45) is 0 Å². The lowest BCUT2D eigenvalue weighted by atomic mass is 10.0. The Labute approximate surface area is 262 Å². The van der Waals surface area contributed by atoms with Crippen LogP contribution in [0.1, 0.15) is 0 Å². The molecule has 0 unspecified atom stereocenters. The molecule has 0 saturated carbocycles. The van der Waals surface area contributed by atoms with E-state index in [4.69, 9.17) is 28.4 Å². The van der Waals surface area contributed by atoms with Crippen LogP contribution in [0.2, 0.25) is 0 Å². The lowest BCUT2D eigenvalue weighted by molar-refractivity contribution is 0.0490. The highest BCUT2D eigenvalue weighted by Crippen LogP contribution is 2.35. The Morgan fingerprint density at radius 2 is 1.19 bits per heavy atom. The molecule has 0 radical (unpaired) electrons. The highest BCUT2D eigenvalue weighted by atomic mass is 127. The summed E-state index contributed by atoms with van der Waals surface area (Å²) in [6, 6.07) is 24.0. The van der Waals surface area contributed by atoms with Crippen LogP contribution >= 0.6 is 22.6 Å². The first-order valence-electron chi connectivity index (χ1n) is 13.2. The van der Waals surface area contributed by atoms with Gasteiger partial charge in [-0.05, 0) is 87.3 Å². The quantitative estimate of drug-likeness (QED) is 0.116. The molecule has 2 heterocycles. The van der Waals surface area contributed by atoms with Gasteiger partial charge in [0, 0.05) is 25.0 Å². The number of methoxy groups -OCH3 is 4. The van der Waals surface area contributed by atoms with E-state index >= 15 is 0 Å². The molecule has 0 bridgehead atoms. The van der Waals surface area contributed by atoms with Gasteiger partial charge >= 0.3 is 0 Å². The molecule has 0 fully saturated rings. The van der Waals surface area contributed by atoms with E-state index in [2.05, 4.69) is 73.3 Å². The normalized spacial score (nSPS) is 10.8. The van der Waals surface area contributed by atoms with Crippen molar-refractivity contribution in [1.82, 2.24) is 20.4 Å². The van der Waals surface area contributed by atoms with Gasteiger partial charge in [0.2, 0.25) is 0 Å². The Hall–Kier alpha value is -4.33. The number of fused-ring (bicyclic) bond motifs is 2. The van der Waals surface area contributed by atoms with E-state index in [0.29, 0.717) is 23.0 Å². The van der Waals surface area contributed by atoms with Gasteiger partial charge in [-0.3, -0.25) is 10.2 Å². The first-order valence-corrected chi connectivity index (χ1v) is 14.3. The molecule has 2 aromatic heterocycles. The molecule has 0 atom stereocenters. The molecule has 10 nitrogen and oxygen atoms in total. The molecule has 0 amide bonds. The Bertz CT molecular complexity index is 1820. The maximum atomic E-state index is 5.48. The van der Waals surface area contributed by atoms with Crippen molar-refractivity contribution in [3.05, 3.63) is 82.7 Å². The van der Waals surface area contributed by atoms with E-state index in [1.165, 1.54) is 0 Å². The molecule has 0 aliphatic rings. The zero-order chi connectivity index (χ0) is 30.2. The number of H-pyrrole nitrogens is 2. The highest BCUT2D eigenvalue weighted by molar-refractivity contribution is 14.1. The van der Waals surface area contributed by atoms with E-state index in [9.17, 15) is 0 Å². The Balaban J connectivity index is 0.000000171. The summed E-state index contributed by atoms with van der Waals surface area (Å²) in [4.78, 5) is 0. The molecule has 6 aromatic rings. The van der Waals surface area contributed by atoms with Crippen LogP contribution in [0.3, 0.4) is 0 Å². The van der Waals surface area contributed by atoms with Crippen LogP contribution in [0.5, 0.6) is 23.0 Å². The number of ether oxygens (including phenoxy) is 6. The topological polar surface area (TPSA) is 113 Å². The van der Waals surface area contributed by atoms with Crippen LogP contribution in [0.15, 0.2) is 79.0 Å². The molecule has 0 spiro atoms. The van der Waals surface area contributed by atoms with Gasteiger partial charge < -0.3 is 28.4 Å². The minimum atomic E-state index is 0.188. The standard InChI is InChI=1S/C16H15IN2O3.C16H16N2O3/c1-20-9-22-14-6-4-11(8-15(14)21-2)10-3-5-12-13(7-10)18-19-16(12)17;1-19-10-21-15-6-5-12(8-16(15)20-2)11-3-4-13-9-17-18-14(13)7-11/h3-8H,9H2,1-2H3,(H,18,19);3-9H,10H2,1-2H3,(H,17,18). The number of hydrogen-bond acceptors (Lipinski definition) is 8. The maximum absolute atomic E-state index is 5.48. The van der Waals surface area contributed by atoms with Gasteiger partial charge in [0.05, 0.1) is 31.4 Å². The lowest BCUT2D eigenvalue weighted by Crippen LogP contribution is -2.00. The van der Waals surface area contributed by atoms with Crippen LogP contribution in [-0.2, 0) is 9.47 Å². The molecule has 0 aliphatic heterocycles. The van der Waals surface area contributed by atoms with Gasteiger partial charge in [0.15, 0.2) is 36.6 Å². The molecule has 43 heavy (non-hydrogen) atoms. The summed E-state index contributed by atoms with van der Waals surface area (Å²) < 4.78 is 32.6. The number of hydrogen-bond donors (Lipinski definition) is 2. The highest BCUT2D eigenvalue weighted by Gasteiger charge is 2.10. The van der Waals surface area contributed by atoms with Gasteiger partial charge in [-0.25, -0.2) is 0 Å². The SMILES string of the molecule is COCOc1ccc(-c2ccc3c(I)[nH]nc3c2)cc1OC.COCOc1ccc(-c2ccc3cn[nH]c3c2)cc1OC. The summed E-state index contributed by atoms with van der Waals surface area (Å²) in [5.74, 6) is 2.66. The summed E-state index contributed by atoms with van der Waals surface area (Å²) >= 11 is 2.24. The number of benzene rings is 4. The largest absolute Gasteiger partial charge is 0.493 e. The number of rotatable bonds is 10. The third-order valence-corrected chi connectivity index (χ3v) is 7.43. The van der Waals surface area contributed by atoms with Crippen LogP contribution < -0.4 is 18.9 Å². The third kappa shape index (κ3) is 7.01. The number of nitrogens with zero attached hydrogens (tertiary/aromatic N) is 2. The summed E-state index contributed by atoms with van der Waals surface area (Å²) in [6.07, 6.45) is 1.81. The summed E-state index contributed by atoms with van der Waals surface area (Å²) in [7, 11) is 6.41. The third-order valence-electron chi connectivity index (χ3n) is 6.61. The van der Waals surface area contributed by atoms with Crippen molar-refractivity contribution >= 4 is 44.4 Å². The predicted molar refractivity (Wildman–Crippen MR) is 174 cm³/mol. The van der Waals surface area contributed by atoms with E-state index < -0.39 is 0 Å². The average Bonchev–Trinajstić information content (AvgIpc) is 3.68. The van der Waals surface area contributed by atoms with Crippen LogP contribution in [0.4, 0.5) is 0 Å². The van der Waals surface area contributed by atoms with E-state index in [1.807, 2.05) is 42.5 Å². The van der Waals surface area contributed by atoms with E-state index in [-0.39, 0.29) is 13.6 Å². The van der Waals surface area contributed by atoms with Gasteiger partial charge in [-0.2, -0.15) is 10.2 Å². The number of nitrogens with one attached hydrogen (secondary N) is 2. The second-order valence-electron chi connectivity index (χ2n) is 9.27.